The molecule has 1 atom stereocenters. The zero-order chi connectivity index (χ0) is 21.6. The lowest BCUT2D eigenvalue weighted by Gasteiger charge is -2.20. The molecule has 0 aliphatic heterocycles. The van der Waals surface area contributed by atoms with Crippen LogP contribution in [-0.2, 0) is 4.79 Å². The number of carboxylic acids is 1. The van der Waals surface area contributed by atoms with E-state index in [9.17, 15) is 15.2 Å². The van der Waals surface area contributed by atoms with Gasteiger partial charge < -0.3 is 9.90 Å². The summed E-state index contributed by atoms with van der Waals surface area (Å²) in [6.07, 6.45) is 0. The summed E-state index contributed by atoms with van der Waals surface area (Å²) in [6.45, 7) is 0. The van der Waals surface area contributed by atoms with Crippen LogP contribution in [-0.4, -0.2) is 11.0 Å². The minimum Gasteiger partial charge on any atom is -0.549 e. The Labute approximate surface area is 184 Å². The summed E-state index contributed by atoms with van der Waals surface area (Å²) in [5.74, 6) is -1.23. The van der Waals surface area contributed by atoms with Gasteiger partial charge in [0.15, 0.2) is 0 Å². The first kappa shape index (κ1) is 20.4. The normalized spacial score (nSPS) is 11.5. The van der Waals surface area contributed by atoms with Crippen LogP contribution in [0.5, 0.6) is 0 Å². The van der Waals surface area contributed by atoms with Crippen molar-refractivity contribution in [1.29, 1.82) is 5.26 Å². The summed E-state index contributed by atoms with van der Waals surface area (Å²) >= 11 is 1.02. The van der Waals surface area contributed by atoms with Gasteiger partial charge in [-0.1, -0.05) is 103 Å². The summed E-state index contributed by atoms with van der Waals surface area (Å²) < 4.78 is 0. The van der Waals surface area contributed by atoms with Crippen molar-refractivity contribution in [3.63, 3.8) is 0 Å². The molecule has 0 saturated carbocycles. The first-order chi connectivity index (χ1) is 15.2. The van der Waals surface area contributed by atoms with Gasteiger partial charge in [0.1, 0.15) is 11.1 Å². The van der Waals surface area contributed by atoms with E-state index in [1.54, 1.807) is 24.3 Å². The topological polar surface area (TPSA) is 76.8 Å². The fraction of sp³-hybridized carbons (Fsp3) is 0.0385. The van der Waals surface area contributed by atoms with Gasteiger partial charge in [-0.15, -0.1) is 0 Å². The summed E-state index contributed by atoms with van der Waals surface area (Å²) in [7, 11) is 0. The Balaban J connectivity index is 1.90. The second-order valence-electron chi connectivity index (χ2n) is 6.81. The second kappa shape index (κ2) is 9.29. The third-order valence-electron chi connectivity index (χ3n) is 4.80. The Morgan fingerprint density at radius 1 is 0.871 bits per heavy atom. The maximum absolute atomic E-state index is 12.0. The Hall–Kier alpha value is -3.88. The van der Waals surface area contributed by atoms with Crippen molar-refractivity contribution in [3.05, 3.63) is 108 Å². The number of aromatic nitrogens is 1. The Bertz CT molecular complexity index is 1240. The SMILES string of the molecule is N#Cc1c(-c2ccccc2)cc(-c2ccccc2)nc1S[C@H](C(=O)[O-])c1ccccc1. The van der Waals surface area contributed by atoms with Gasteiger partial charge >= 0.3 is 0 Å². The number of rotatable bonds is 6. The Morgan fingerprint density at radius 2 is 1.42 bits per heavy atom. The van der Waals surface area contributed by atoms with Gasteiger partial charge in [0.25, 0.3) is 0 Å². The molecule has 0 fully saturated rings. The Kier molecular flexibility index (Phi) is 6.11. The molecule has 0 unspecified atom stereocenters. The standard InChI is InChI=1S/C26H18N2O2S/c27-17-22-21(18-10-4-1-5-11-18)16-23(19-12-6-2-7-13-19)28-25(22)31-24(26(29)30)20-14-8-3-9-15-20/h1-16,24H,(H,29,30)/p-1/t24-/m0/s1. The smallest absolute Gasteiger partial charge is 0.116 e. The van der Waals surface area contributed by atoms with Gasteiger partial charge in [-0.05, 0) is 17.2 Å². The molecule has 0 saturated heterocycles. The maximum atomic E-state index is 12.0. The van der Waals surface area contributed by atoms with Crippen LogP contribution < -0.4 is 5.11 Å². The van der Waals surface area contributed by atoms with Crippen molar-refractivity contribution < 1.29 is 9.90 Å². The van der Waals surface area contributed by atoms with Crippen molar-refractivity contribution in [1.82, 2.24) is 4.98 Å². The van der Waals surface area contributed by atoms with Gasteiger partial charge in [0, 0.05) is 11.1 Å². The number of aliphatic carboxylic acids is 1. The number of carboxylic acid groups (broad SMARTS) is 1. The average Bonchev–Trinajstić information content (AvgIpc) is 2.83. The molecule has 0 bridgehead atoms. The minimum absolute atomic E-state index is 0.345. The highest BCUT2D eigenvalue weighted by molar-refractivity contribution is 8.00. The summed E-state index contributed by atoms with van der Waals surface area (Å²) in [4.78, 5) is 16.7. The number of thioether (sulfide) groups is 1. The fourth-order valence-electron chi connectivity index (χ4n) is 3.31. The van der Waals surface area contributed by atoms with E-state index >= 15 is 0 Å². The number of carbonyl (C=O) groups is 1. The van der Waals surface area contributed by atoms with Gasteiger partial charge in [-0.3, -0.25) is 0 Å². The molecule has 0 N–H and O–H groups in total. The van der Waals surface area contributed by atoms with E-state index in [2.05, 4.69) is 6.07 Å². The number of nitrogens with zero attached hydrogens (tertiary/aromatic N) is 2. The highest BCUT2D eigenvalue weighted by Crippen LogP contribution is 2.40. The molecule has 1 aromatic heterocycles. The van der Waals surface area contributed by atoms with Crippen molar-refractivity contribution >= 4 is 17.7 Å². The number of carbonyl (C=O) groups excluding carboxylic acids is 1. The number of pyridine rings is 1. The molecule has 0 radical (unpaired) electrons. The zero-order valence-electron chi connectivity index (χ0n) is 16.4. The van der Waals surface area contributed by atoms with E-state index in [0.717, 1.165) is 22.9 Å². The molecule has 5 heteroatoms. The van der Waals surface area contributed by atoms with Crippen molar-refractivity contribution in [2.45, 2.75) is 10.3 Å². The first-order valence-corrected chi connectivity index (χ1v) is 10.5. The molecule has 0 amide bonds. The van der Waals surface area contributed by atoms with Crippen LogP contribution in [0.15, 0.2) is 102 Å². The molecule has 0 aliphatic rings. The monoisotopic (exact) mass is 421 g/mol. The third-order valence-corrected chi connectivity index (χ3v) is 6.02. The highest BCUT2D eigenvalue weighted by Gasteiger charge is 2.21. The molecule has 4 aromatic rings. The van der Waals surface area contributed by atoms with Gasteiger partial charge in [-0.25, -0.2) is 4.98 Å². The van der Waals surface area contributed by atoms with Gasteiger partial charge in [-0.2, -0.15) is 5.26 Å². The van der Waals surface area contributed by atoms with E-state index in [1.807, 2.05) is 72.8 Å². The van der Waals surface area contributed by atoms with Gasteiger partial charge in [0.05, 0.1) is 22.5 Å². The molecule has 1 heterocycles. The minimum atomic E-state index is -1.23. The maximum Gasteiger partial charge on any atom is 0.116 e. The molecular weight excluding hydrogens is 404 g/mol. The number of hydrogen-bond acceptors (Lipinski definition) is 5. The quantitative estimate of drug-likeness (QED) is 0.415. The number of hydrogen-bond donors (Lipinski definition) is 0. The first-order valence-electron chi connectivity index (χ1n) is 9.66. The van der Waals surface area contributed by atoms with Crippen LogP contribution in [0.25, 0.3) is 22.4 Å². The van der Waals surface area contributed by atoms with E-state index in [0.29, 0.717) is 27.4 Å². The van der Waals surface area contributed by atoms with E-state index in [-0.39, 0.29) is 0 Å². The fourth-order valence-corrected chi connectivity index (χ4v) is 4.35. The van der Waals surface area contributed by atoms with E-state index in [4.69, 9.17) is 4.98 Å². The summed E-state index contributed by atoms with van der Waals surface area (Å²) in [6, 6.07) is 32.1. The largest absolute Gasteiger partial charge is 0.549 e. The average molecular weight is 422 g/mol. The summed E-state index contributed by atoms with van der Waals surface area (Å²) in [5.41, 5.74) is 4.07. The van der Waals surface area contributed by atoms with Crippen molar-refractivity contribution in [3.8, 4) is 28.5 Å². The number of nitriles is 1. The lowest BCUT2D eigenvalue weighted by atomic mass is 9.99. The van der Waals surface area contributed by atoms with Crippen LogP contribution in [0, 0.1) is 11.3 Å². The van der Waals surface area contributed by atoms with Crippen LogP contribution >= 0.6 is 11.8 Å². The predicted octanol–water partition coefficient (Wildman–Crippen LogP) is 4.87. The molecule has 31 heavy (non-hydrogen) atoms. The molecule has 4 nitrogen and oxygen atoms in total. The van der Waals surface area contributed by atoms with Crippen molar-refractivity contribution in [2.24, 2.45) is 0 Å². The summed E-state index contributed by atoms with van der Waals surface area (Å²) in [5, 5.41) is 21.3. The van der Waals surface area contributed by atoms with Crippen LogP contribution in [0.2, 0.25) is 0 Å². The molecule has 0 aliphatic carbocycles. The van der Waals surface area contributed by atoms with E-state index < -0.39 is 11.2 Å². The lowest BCUT2D eigenvalue weighted by Crippen LogP contribution is -2.28. The van der Waals surface area contributed by atoms with Crippen LogP contribution in [0.3, 0.4) is 0 Å². The molecular formula is C26H17N2O2S-. The van der Waals surface area contributed by atoms with E-state index in [1.165, 1.54) is 0 Å². The van der Waals surface area contributed by atoms with Crippen LogP contribution in [0.4, 0.5) is 0 Å². The zero-order valence-corrected chi connectivity index (χ0v) is 17.3. The predicted molar refractivity (Wildman–Crippen MR) is 120 cm³/mol. The van der Waals surface area contributed by atoms with Crippen LogP contribution in [0.1, 0.15) is 16.4 Å². The highest BCUT2D eigenvalue weighted by atomic mass is 32.2. The molecule has 4 rings (SSSR count). The van der Waals surface area contributed by atoms with Crippen molar-refractivity contribution in [2.75, 3.05) is 0 Å². The number of benzene rings is 3. The third kappa shape index (κ3) is 4.50. The molecule has 150 valence electrons. The second-order valence-corrected chi connectivity index (χ2v) is 7.90. The Morgan fingerprint density at radius 3 is 1.97 bits per heavy atom. The molecule has 3 aromatic carbocycles. The lowest BCUT2D eigenvalue weighted by molar-refractivity contribution is -0.305. The molecule has 0 spiro atoms. The van der Waals surface area contributed by atoms with Gasteiger partial charge in [0.2, 0.25) is 0 Å².